The summed E-state index contributed by atoms with van der Waals surface area (Å²) in [5.74, 6) is 1.31. The molecule has 0 spiro atoms. The van der Waals surface area contributed by atoms with Crippen molar-refractivity contribution in [2.24, 2.45) is 10.9 Å². The van der Waals surface area contributed by atoms with Gasteiger partial charge in [-0.15, -0.1) is 0 Å². The lowest BCUT2D eigenvalue weighted by Gasteiger charge is -2.32. The number of nitrogens with one attached hydrogen (secondary N) is 2. The van der Waals surface area contributed by atoms with Gasteiger partial charge in [0.1, 0.15) is 0 Å². The van der Waals surface area contributed by atoms with Crippen molar-refractivity contribution in [3.05, 3.63) is 65.2 Å². The Hall–Kier alpha value is -2.53. The van der Waals surface area contributed by atoms with Gasteiger partial charge in [0.05, 0.1) is 6.54 Å². The van der Waals surface area contributed by atoms with Crippen LogP contribution in [0.1, 0.15) is 36.5 Å². The number of nitrogens with zero attached hydrogens (tertiary/aromatic N) is 2. The van der Waals surface area contributed by atoms with Crippen LogP contribution in [0.3, 0.4) is 0 Å². The summed E-state index contributed by atoms with van der Waals surface area (Å²) in [5.41, 5.74) is 4.98. The number of benzene rings is 2. The van der Waals surface area contributed by atoms with E-state index in [0.717, 1.165) is 45.0 Å². The number of anilines is 1. The van der Waals surface area contributed by atoms with E-state index in [1.807, 2.05) is 0 Å². The fourth-order valence-corrected chi connectivity index (χ4v) is 3.59. The van der Waals surface area contributed by atoms with Crippen molar-refractivity contribution in [3.8, 4) is 0 Å². The normalized spacial score (nSPS) is 15.4. The number of aliphatic hydroxyl groups is 1. The first-order valence-electron chi connectivity index (χ1n) is 10.7. The molecule has 0 amide bonds. The first-order valence-corrected chi connectivity index (χ1v) is 10.7. The fourth-order valence-electron chi connectivity index (χ4n) is 3.59. The Morgan fingerprint density at radius 3 is 2.28 bits per heavy atom. The second-order valence-corrected chi connectivity index (χ2v) is 7.81. The molecule has 0 aromatic heterocycles. The van der Waals surface area contributed by atoms with Crippen LogP contribution in [0.15, 0.2) is 53.5 Å². The molecule has 0 atom stereocenters. The molecule has 1 aliphatic heterocycles. The van der Waals surface area contributed by atoms with E-state index in [2.05, 4.69) is 77.9 Å². The zero-order valence-corrected chi connectivity index (χ0v) is 17.7. The maximum absolute atomic E-state index is 9.30. The second kappa shape index (κ2) is 10.9. The fraction of sp³-hybridized carbons (Fsp3) is 0.458. The molecule has 0 unspecified atom stereocenters. The monoisotopic (exact) mass is 394 g/mol. The number of aliphatic imine (C=N–C) groups is 1. The van der Waals surface area contributed by atoms with E-state index in [-0.39, 0.29) is 0 Å². The van der Waals surface area contributed by atoms with Crippen molar-refractivity contribution < 1.29 is 5.11 Å². The molecule has 1 heterocycles. The average Bonchev–Trinajstić information content (AvgIpc) is 2.77. The van der Waals surface area contributed by atoms with Crippen LogP contribution in [-0.4, -0.2) is 37.3 Å². The molecule has 0 bridgehead atoms. The smallest absolute Gasteiger partial charge is 0.191 e. The van der Waals surface area contributed by atoms with Gasteiger partial charge in [-0.25, -0.2) is 4.99 Å². The van der Waals surface area contributed by atoms with Crippen molar-refractivity contribution in [2.45, 2.75) is 39.8 Å². The Morgan fingerprint density at radius 2 is 1.66 bits per heavy atom. The maximum Gasteiger partial charge on any atom is 0.191 e. The number of hydrogen-bond acceptors (Lipinski definition) is 3. The Morgan fingerprint density at radius 1 is 1.00 bits per heavy atom. The SMILES string of the molecule is CCNC(=NCc1ccc(N2CCC(CO)CC2)cc1)NCc1ccc(C)cc1. The molecule has 2 aromatic rings. The molecule has 29 heavy (non-hydrogen) atoms. The Labute approximate surface area is 174 Å². The van der Waals surface area contributed by atoms with Crippen LogP contribution in [0.25, 0.3) is 0 Å². The van der Waals surface area contributed by atoms with E-state index in [4.69, 9.17) is 4.99 Å². The standard InChI is InChI=1S/C24H34N4O/c1-3-25-24(26-16-20-6-4-19(2)5-7-20)27-17-21-8-10-23(11-9-21)28-14-12-22(18-29)13-15-28/h4-11,22,29H,3,12-18H2,1-2H3,(H2,25,26,27). The van der Waals surface area contributed by atoms with Crippen molar-refractivity contribution in [2.75, 3.05) is 31.1 Å². The quantitative estimate of drug-likeness (QED) is 0.497. The van der Waals surface area contributed by atoms with Crippen LogP contribution in [0, 0.1) is 12.8 Å². The van der Waals surface area contributed by atoms with E-state index in [1.165, 1.54) is 22.4 Å². The van der Waals surface area contributed by atoms with Crippen molar-refractivity contribution >= 4 is 11.6 Å². The Balaban J connectivity index is 1.54. The molecule has 1 saturated heterocycles. The first kappa shape index (κ1) is 21.2. The zero-order valence-electron chi connectivity index (χ0n) is 17.7. The van der Waals surface area contributed by atoms with Gasteiger partial charge < -0.3 is 20.6 Å². The third-order valence-corrected chi connectivity index (χ3v) is 5.52. The van der Waals surface area contributed by atoms with Gasteiger partial charge in [0.15, 0.2) is 5.96 Å². The highest BCUT2D eigenvalue weighted by Crippen LogP contribution is 2.23. The number of piperidine rings is 1. The van der Waals surface area contributed by atoms with Gasteiger partial charge in [0, 0.05) is 38.5 Å². The third kappa shape index (κ3) is 6.50. The first-order chi connectivity index (χ1) is 14.2. The molecule has 156 valence electrons. The van der Waals surface area contributed by atoms with E-state index in [0.29, 0.717) is 19.1 Å². The predicted octanol–water partition coefficient (Wildman–Crippen LogP) is 3.46. The van der Waals surface area contributed by atoms with E-state index in [9.17, 15) is 5.11 Å². The van der Waals surface area contributed by atoms with Gasteiger partial charge in [-0.05, 0) is 55.9 Å². The molecule has 0 aliphatic carbocycles. The number of aryl methyl sites for hydroxylation is 1. The topological polar surface area (TPSA) is 59.9 Å². The van der Waals surface area contributed by atoms with E-state index >= 15 is 0 Å². The number of hydrogen-bond donors (Lipinski definition) is 3. The van der Waals surface area contributed by atoms with Crippen LogP contribution < -0.4 is 15.5 Å². The Bertz CT molecular complexity index is 762. The lowest BCUT2D eigenvalue weighted by Crippen LogP contribution is -2.36. The summed E-state index contributed by atoms with van der Waals surface area (Å²) in [6.45, 7) is 8.79. The summed E-state index contributed by atoms with van der Waals surface area (Å²) in [4.78, 5) is 7.14. The Kier molecular flexibility index (Phi) is 7.94. The lowest BCUT2D eigenvalue weighted by molar-refractivity contribution is 0.203. The van der Waals surface area contributed by atoms with Crippen LogP contribution in [0.4, 0.5) is 5.69 Å². The third-order valence-electron chi connectivity index (χ3n) is 5.52. The minimum absolute atomic E-state index is 0.316. The zero-order chi connectivity index (χ0) is 20.5. The maximum atomic E-state index is 9.30. The summed E-state index contributed by atoms with van der Waals surface area (Å²) < 4.78 is 0. The van der Waals surface area contributed by atoms with Gasteiger partial charge in [-0.2, -0.15) is 0 Å². The highest BCUT2D eigenvalue weighted by atomic mass is 16.3. The van der Waals surface area contributed by atoms with Crippen molar-refractivity contribution in [1.29, 1.82) is 0 Å². The molecular formula is C24H34N4O. The highest BCUT2D eigenvalue weighted by Gasteiger charge is 2.18. The molecule has 5 heteroatoms. The molecule has 1 aliphatic rings. The molecule has 3 N–H and O–H groups in total. The number of guanidine groups is 1. The van der Waals surface area contributed by atoms with Crippen LogP contribution in [0.5, 0.6) is 0 Å². The number of rotatable bonds is 7. The lowest BCUT2D eigenvalue weighted by atomic mass is 9.97. The van der Waals surface area contributed by atoms with Crippen molar-refractivity contribution in [1.82, 2.24) is 10.6 Å². The molecule has 1 fully saturated rings. The summed E-state index contributed by atoms with van der Waals surface area (Å²) in [5, 5.41) is 16.0. The minimum Gasteiger partial charge on any atom is -0.396 e. The van der Waals surface area contributed by atoms with Crippen LogP contribution >= 0.6 is 0 Å². The van der Waals surface area contributed by atoms with Gasteiger partial charge in [-0.1, -0.05) is 42.0 Å². The summed E-state index contributed by atoms with van der Waals surface area (Å²) in [6, 6.07) is 17.3. The minimum atomic E-state index is 0.316. The van der Waals surface area contributed by atoms with E-state index < -0.39 is 0 Å². The molecule has 2 aromatic carbocycles. The van der Waals surface area contributed by atoms with Gasteiger partial charge in [0.2, 0.25) is 0 Å². The summed E-state index contributed by atoms with van der Waals surface area (Å²) in [6.07, 6.45) is 2.14. The van der Waals surface area contributed by atoms with Gasteiger partial charge in [0.25, 0.3) is 0 Å². The second-order valence-electron chi connectivity index (χ2n) is 7.81. The largest absolute Gasteiger partial charge is 0.396 e. The summed E-state index contributed by atoms with van der Waals surface area (Å²) >= 11 is 0. The molecule has 0 saturated carbocycles. The predicted molar refractivity (Wildman–Crippen MR) is 121 cm³/mol. The van der Waals surface area contributed by atoms with Crippen LogP contribution in [-0.2, 0) is 13.1 Å². The molecule has 3 rings (SSSR count). The molecular weight excluding hydrogens is 360 g/mol. The highest BCUT2D eigenvalue weighted by molar-refractivity contribution is 5.79. The summed E-state index contributed by atoms with van der Waals surface area (Å²) in [7, 11) is 0. The van der Waals surface area contributed by atoms with E-state index in [1.54, 1.807) is 0 Å². The van der Waals surface area contributed by atoms with Crippen molar-refractivity contribution in [3.63, 3.8) is 0 Å². The number of aliphatic hydroxyl groups excluding tert-OH is 1. The van der Waals surface area contributed by atoms with Crippen LogP contribution in [0.2, 0.25) is 0 Å². The molecule has 0 radical (unpaired) electrons. The van der Waals surface area contributed by atoms with Gasteiger partial charge >= 0.3 is 0 Å². The van der Waals surface area contributed by atoms with Gasteiger partial charge in [-0.3, -0.25) is 0 Å². The average molecular weight is 395 g/mol. The molecule has 5 nitrogen and oxygen atoms in total.